The number of esters is 1. The summed E-state index contributed by atoms with van der Waals surface area (Å²) in [5.74, 6) is 0.333. The third kappa shape index (κ3) is 0.903. The van der Waals surface area contributed by atoms with E-state index in [9.17, 15) is 9.59 Å². The second-order valence-electron chi connectivity index (χ2n) is 7.00. The number of halogens is 1. The van der Waals surface area contributed by atoms with Gasteiger partial charge in [-0.3, -0.25) is 9.59 Å². The molecule has 6 atom stereocenters. The van der Waals surface area contributed by atoms with Crippen LogP contribution in [0.3, 0.4) is 0 Å². The van der Waals surface area contributed by atoms with Gasteiger partial charge < -0.3 is 4.74 Å². The Bertz CT molecular complexity index is 568. The maximum Gasteiger partial charge on any atom is 0.309 e. The maximum atomic E-state index is 12.5. The number of ketones is 1. The number of ether oxygens (including phenoxy) is 1. The van der Waals surface area contributed by atoms with Crippen LogP contribution < -0.4 is 0 Å². The van der Waals surface area contributed by atoms with Crippen LogP contribution in [0.15, 0.2) is 10.6 Å². The zero-order valence-electron chi connectivity index (χ0n) is 11.3. The second kappa shape index (κ2) is 3.00. The van der Waals surface area contributed by atoms with E-state index in [0.717, 1.165) is 12.8 Å². The summed E-state index contributed by atoms with van der Waals surface area (Å²) < 4.78 is 6.38. The van der Waals surface area contributed by atoms with Gasteiger partial charge in [0, 0.05) is 11.3 Å². The van der Waals surface area contributed by atoms with Crippen LogP contribution in [0.2, 0.25) is 0 Å². The van der Waals surface area contributed by atoms with Crippen molar-refractivity contribution in [2.75, 3.05) is 0 Å². The van der Waals surface area contributed by atoms with Crippen molar-refractivity contribution in [2.24, 2.45) is 28.1 Å². The summed E-state index contributed by atoms with van der Waals surface area (Å²) in [5, 5.41) is 0. The summed E-state index contributed by atoms with van der Waals surface area (Å²) in [5.41, 5.74) is -0.693. The first-order chi connectivity index (χ1) is 8.81. The van der Waals surface area contributed by atoms with Crippen LogP contribution in [0.25, 0.3) is 0 Å². The van der Waals surface area contributed by atoms with Gasteiger partial charge in [-0.25, -0.2) is 0 Å². The minimum absolute atomic E-state index is 0.0309. The first-order valence-electron chi connectivity index (χ1n) is 6.95. The Labute approximate surface area is 120 Å². The predicted octanol–water partition coefficient (Wildman–Crippen LogP) is 2.83. The smallest absolute Gasteiger partial charge is 0.309 e. The third-order valence-corrected chi connectivity index (χ3v) is 7.47. The normalized spacial score (nSPS) is 58.1. The zero-order chi connectivity index (χ0) is 13.8. The molecule has 6 unspecified atom stereocenters. The fraction of sp³-hybridized carbons (Fsp3) is 0.733. The van der Waals surface area contributed by atoms with Gasteiger partial charge in [0.15, 0.2) is 5.78 Å². The Kier molecular flexibility index (Phi) is 1.91. The molecule has 0 amide bonds. The van der Waals surface area contributed by atoms with Crippen molar-refractivity contribution in [3.63, 3.8) is 0 Å². The molecule has 0 radical (unpaired) electrons. The van der Waals surface area contributed by atoms with Gasteiger partial charge in [0.2, 0.25) is 0 Å². The van der Waals surface area contributed by atoms with E-state index in [-0.39, 0.29) is 45.9 Å². The average molecular weight is 325 g/mol. The number of Topliss-reactive ketones (excluding diaryl/α,β-unsaturated/α-hetero) is 1. The molecule has 0 bridgehead atoms. The van der Waals surface area contributed by atoms with Gasteiger partial charge in [-0.2, -0.15) is 0 Å². The molecular formula is C15H17BrO3. The lowest BCUT2D eigenvalue weighted by Crippen LogP contribution is -2.36. The van der Waals surface area contributed by atoms with E-state index < -0.39 is 0 Å². The summed E-state index contributed by atoms with van der Waals surface area (Å²) in [6.07, 6.45) is 3.94. The molecular weight excluding hydrogens is 308 g/mol. The van der Waals surface area contributed by atoms with Gasteiger partial charge in [-0.05, 0) is 34.2 Å². The van der Waals surface area contributed by atoms with Crippen molar-refractivity contribution in [2.45, 2.75) is 39.7 Å². The quantitative estimate of drug-likeness (QED) is 0.643. The highest BCUT2D eigenvalue weighted by molar-refractivity contribution is 9.12. The van der Waals surface area contributed by atoms with Crippen molar-refractivity contribution in [3.8, 4) is 0 Å². The van der Waals surface area contributed by atoms with E-state index >= 15 is 0 Å². The zero-order valence-corrected chi connectivity index (χ0v) is 12.9. The van der Waals surface area contributed by atoms with Gasteiger partial charge in [0.05, 0.1) is 15.8 Å². The molecule has 0 aromatic rings. The SMILES string of the molecule is CC1C(=O)OC2C1CCC1(C)C3(C)C(=O)C(Br)=CC213. The van der Waals surface area contributed by atoms with Crippen molar-refractivity contribution < 1.29 is 14.3 Å². The third-order valence-electron chi connectivity index (χ3n) is 6.88. The van der Waals surface area contributed by atoms with Gasteiger partial charge in [-0.1, -0.05) is 26.8 Å². The first-order valence-corrected chi connectivity index (χ1v) is 7.74. The van der Waals surface area contributed by atoms with Crippen molar-refractivity contribution >= 4 is 27.7 Å². The van der Waals surface area contributed by atoms with E-state index in [2.05, 4.69) is 35.9 Å². The molecule has 4 rings (SSSR count). The minimum atomic E-state index is -0.386. The van der Waals surface area contributed by atoms with Crippen LogP contribution in [-0.4, -0.2) is 17.9 Å². The van der Waals surface area contributed by atoms with Gasteiger partial charge in [0.1, 0.15) is 6.10 Å². The molecule has 1 aliphatic heterocycles. The van der Waals surface area contributed by atoms with Crippen LogP contribution >= 0.6 is 15.9 Å². The number of fused-ring (bicyclic) bond motifs is 2. The molecule has 102 valence electrons. The molecule has 4 aliphatic rings. The van der Waals surface area contributed by atoms with Gasteiger partial charge >= 0.3 is 5.97 Å². The first kappa shape index (κ1) is 12.1. The molecule has 2 saturated carbocycles. The highest BCUT2D eigenvalue weighted by Gasteiger charge is 2.91. The topological polar surface area (TPSA) is 43.4 Å². The molecule has 3 fully saturated rings. The molecule has 0 aromatic carbocycles. The summed E-state index contributed by atoms with van der Waals surface area (Å²) in [6.45, 7) is 6.20. The van der Waals surface area contributed by atoms with E-state index in [1.54, 1.807) is 0 Å². The molecule has 3 nitrogen and oxygen atoms in total. The summed E-state index contributed by atoms with van der Waals surface area (Å²) in [7, 11) is 0. The molecule has 3 aliphatic carbocycles. The van der Waals surface area contributed by atoms with E-state index in [1.807, 2.05) is 6.92 Å². The lowest BCUT2D eigenvalue weighted by atomic mass is 9.70. The Morgan fingerprint density at radius 1 is 1.37 bits per heavy atom. The van der Waals surface area contributed by atoms with Crippen molar-refractivity contribution in [3.05, 3.63) is 10.6 Å². The standard InChI is InChI=1S/C15H17BrO3/c1-7-8-4-5-13(2)14(3)10(17)9(16)6-15(13,14)11(8)19-12(7)18/h6-8,11H,4-5H2,1-3H3. The number of allylic oxidation sites excluding steroid dienone is 1. The number of hydrogen-bond acceptors (Lipinski definition) is 3. The van der Waals surface area contributed by atoms with Crippen LogP contribution in [0.5, 0.6) is 0 Å². The average Bonchev–Trinajstić information content (AvgIpc) is 2.55. The second-order valence-corrected chi connectivity index (χ2v) is 7.85. The molecule has 4 heteroatoms. The number of rotatable bonds is 0. The highest BCUT2D eigenvalue weighted by atomic mass is 79.9. The fourth-order valence-corrected chi connectivity index (χ4v) is 6.24. The van der Waals surface area contributed by atoms with Crippen molar-refractivity contribution in [1.82, 2.24) is 0 Å². The van der Waals surface area contributed by atoms with Crippen LogP contribution in [-0.2, 0) is 14.3 Å². The van der Waals surface area contributed by atoms with Crippen molar-refractivity contribution in [1.29, 1.82) is 0 Å². The van der Waals surface area contributed by atoms with Crippen LogP contribution in [0.4, 0.5) is 0 Å². The Hall–Kier alpha value is -0.640. The molecule has 1 heterocycles. The number of carbonyl (C=O) groups is 2. The molecule has 0 N–H and O–H groups in total. The molecule has 1 spiro atoms. The monoisotopic (exact) mass is 324 g/mol. The fourth-order valence-electron chi connectivity index (χ4n) is 5.48. The predicted molar refractivity (Wildman–Crippen MR) is 72.4 cm³/mol. The summed E-state index contributed by atoms with van der Waals surface area (Å²) >= 11 is 3.39. The lowest BCUT2D eigenvalue weighted by Gasteiger charge is -2.34. The number of hydrogen-bond donors (Lipinski definition) is 0. The Morgan fingerprint density at radius 3 is 2.74 bits per heavy atom. The minimum Gasteiger partial charge on any atom is -0.461 e. The molecule has 1 saturated heterocycles. The Morgan fingerprint density at radius 2 is 2.05 bits per heavy atom. The van der Waals surface area contributed by atoms with Gasteiger partial charge in [0.25, 0.3) is 0 Å². The van der Waals surface area contributed by atoms with Crippen LogP contribution in [0.1, 0.15) is 33.6 Å². The summed E-state index contributed by atoms with van der Waals surface area (Å²) in [4.78, 5) is 24.5. The van der Waals surface area contributed by atoms with E-state index in [1.165, 1.54) is 0 Å². The van der Waals surface area contributed by atoms with Crippen LogP contribution in [0, 0.1) is 28.1 Å². The highest BCUT2D eigenvalue weighted by Crippen LogP contribution is 2.89. The summed E-state index contributed by atoms with van der Waals surface area (Å²) in [6, 6.07) is 0. The van der Waals surface area contributed by atoms with E-state index in [4.69, 9.17) is 4.74 Å². The van der Waals surface area contributed by atoms with Gasteiger partial charge in [-0.15, -0.1) is 0 Å². The van der Waals surface area contributed by atoms with E-state index in [0.29, 0.717) is 4.48 Å². The molecule has 0 aromatic heterocycles. The lowest BCUT2D eigenvalue weighted by molar-refractivity contribution is -0.146. The molecule has 19 heavy (non-hydrogen) atoms. The Balaban J connectivity index is 1.89. The number of carbonyl (C=O) groups excluding carboxylic acids is 2. The largest absolute Gasteiger partial charge is 0.461 e. The maximum absolute atomic E-state index is 12.5.